The van der Waals surface area contributed by atoms with Crippen LogP contribution in [-0.2, 0) is 34.2 Å². The number of ether oxygens (including phenoxy) is 2. The summed E-state index contributed by atoms with van der Waals surface area (Å²) in [5, 5.41) is 2.78. The number of fused-ring (bicyclic) bond motifs is 1. The first-order chi connectivity index (χ1) is 14.4. The summed E-state index contributed by atoms with van der Waals surface area (Å²) in [4.78, 5) is 12.4. The number of rotatable bonds is 9. The molecule has 2 aromatic rings. The van der Waals surface area contributed by atoms with Crippen molar-refractivity contribution in [3.05, 3.63) is 53.1 Å². The topological polar surface area (TPSA) is 93.7 Å². The van der Waals surface area contributed by atoms with Crippen molar-refractivity contribution < 1.29 is 22.7 Å². The monoisotopic (exact) mass is 432 g/mol. The molecule has 8 heteroatoms. The Morgan fingerprint density at radius 1 is 0.967 bits per heavy atom. The Bertz CT molecular complexity index is 1000. The third kappa shape index (κ3) is 5.52. The van der Waals surface area contributed by atoms with Crippen molar-refractivity contribution in [2.45, 2.75) is 43.5 Å². The zero-order valence-electron chi connectivity index (χ0n) is 17.4. The molecule has 0 spiro atoms. The van der Waals surface area contributed by atoms with Gasteiger partial charge in [-0.1, -0.05) is 12.1 Å². The number of nitrogens with one attached hydrogen (secondary N) is 2. The van der Waals surface area contributed by atoms with Gasteiger partial charge in [-0.3, -0.25) is 4.79 Å². The van der Waals surface area contributed by atoms with Gasteiger partial charge in [0.05, 0.1) is 19.1 Å². The Labute approximate surface area is 177 Å². The third-order valence-corrected chi connectivity index (χ3v) is 6.67. The predicted molar refractivity (Wildman–Crippen MR) is 114 cm³/mol. The molecule has 1 aliphatic carbocycles. The lowest BCUT2D eigenvalue weighted by molar-refractivity contribution is -0.121. The fourth-order valence-electron chi connectivity index (χ4n) is 3.54. The number of methoxy groups -OCH3 is 2. The second kappa shape index (κ2) is 9.95. The molecule has 0 saturated heterocycles. The highest BCUT2D eigenvalue weighted by Gasteiger charge is 2.18. The molecular weight excluding hydrogens is 404 g/mol. The van der Waals surface area contributed by atoms with Crippen molar-refractivity contribution in [3.8, 4) is 11.5 Å². The Hall–Kier alpha value is -2.58. The van der Waals surface area contributed by atoms with Crippen molar-refractivity contribution in [1.82, 2.24) is 10.0 Å². The summed E-state index contributed by atoms with van der Waals surface area (Å²) in [6, 6.07) is 10.7. The van der Waals surface area contributed by atoms with Gasteiger partial charge in [0.25, 0.3) is 0 Å². The Morgan fingerprint density at radius 2 is 1.70 bits per heavy atom. The minimum atomic E-state index is -3.63. The van der Waals surface area contributed by atoms with Crippen LogP contribution in [0.3, 0.4) is 0 Å². The van der Waals surface area contributed by atoms with E-state index in [9.17, 15) is 13.2 Å². The minimum Gasteiger partial charge on any atom is -0.493 e. The zero-order valence-corrected chi connectivity index (χ0v) is 18.2. The van der Waals surface area contributed by atoms with Gasteiger partial charge in [0.1, 0.15) is 0 Å². The van der Waals surface area contributed by atoms with E-state index in [1.807, 2.05) is 12.1 Å². The Balaban J connectivity index is 1.49. The number of carbonyl (C=O) groups is 1. The first-order valence-electron chi connectivity index (χ1n) is 10.0. The minimum absolute atomic E-state index is 0.0389. The number of amides is 1. The van der Waals surface area contributed by atoms with Gasteiger partial charge < -0.3 is 14.8 Å². The van der Waals surface area contributed by atoms with Crippen molar-refractivity contribution in [2.24, 2.45) is 0 Å². The molecule has 2 N–H and O–H groups in total. The van der Waals surface area contributed by atoms with E-state index in [4.69, 9.17) is 9.47 Å². The average molecular weight is 433 g/mol. The summed E-state index contributed by atoms with van der Waals surface area (Å²) >= 11 is 0. The van der Waals surface area contributed by atoms with Crippen LogP contribution >= 0.6 is 0 Å². The number of hydrogen-bond acceptors (Lipinski definition) is 5. The molecule has 1 aliphatic rings. The first-order valence-corrected chi connectivity index (χ1v) is 11.5. The molecule has 0 aliphatic heterocycles. The second-order valence-electron chi connectivity index (χ2n) is 7.25. The van der Waals surface area contributed by atoms with Gasteiger partial charge >= 0.3 is 0 Å². The van der Waals surface area contributed by atoms with Crippen LogP contribution in [-0.4, -0.2) is 35.1 Å². The molecule has 2 aromatic carbocycles. The Kier molecular flexibility index (Phi) is 7.33. The third-order valence-electron chi connectivity index (χ3n) is 5.21. The van der Waals surface area contributed by atoms with Crippen LogP contribution in [0.4, 0.5) is 0 Å². The van der Waals surface area contributed by atoms with E-state index >= 15 is 0 Å². The fraction of sp³-hybridized carbons (Fsp3) is 0.409. The molecule has 0 unspecified atom stereocenters. The normalized spacial score (nSPS) is 13.4. The molecule has 0 bridgehead atoms. The fourth-order valence-corrected chi connectivity index (χ4v) is 4.62. The Morgan fingerprint density at radius 3 is 2.43 bits per heavy atom. The number of benzene rings is 2. The number of aryl methyl sites for hydroxylation is 2. The highest BCUT2D eigenvalue weighted by molar-refractivity contribution is 7.89. The molecule has 0 heterocycles. The van der Waals surface area contributed by atoms with Crippen molar-refractivity contribution in [1.29, 1.82) is 0 Å². The van der Waals surface area contributed by atoms with E-state index in [2.05, 4.69) is 10.0 Å². The highest BCUT2D eigenvalue weighted by Crippen LogP contribution is 2.27. The largest absolute Gasteiger partial charge is 0.493 e. The molecule has 0 aromatic heterocycles. The predicted octanol–water partition coefficient (Wildman–Crippen LogP) is 2.57. The molecule has 0 fully saturated rings. The van der Waals surface area contributed by atoms with Gasteiger partial charge in [-0.2, -0.15) is 0 Å². The summed E-state index contributed by atoms with van der Waals surface area (Å²) in [7, 11) is -0.523. The van der Waals surface area contributed by atoms with Crippen molar-refractivity contribution in [3.63, 3.8) is 0 Å². The highest BCUT2D eigenvalue weighted by atomic mass is 32.2. The summed E-state index contributed by atoms with van der Waals surface area (Å²) in [6.07, 6.45) is 4.21. The van der Waals surface area contributed by atoms with Crippen LogP contribution in [0.5, 0.6) is 11.5 Å². The quantitative estimate of drug-likeness (QED) is 0.635. The maximum Gasteiger partial charge on any atom is 0.240 e. The maximum absolute atomic E-state index is 12.5. The summed E-state index contributed by atoms with van der Waals surface area (Å²) in [6.45, 7) is 0.355. The lowest BCUT2D eigenvalue weighted by Crippen LogP contribution is -2.30. The molecule has 30 heavy (non-hydrogen) atoms. The number of sulfonamides is 1. The van der Waals surface area contributed by atoms with Crippen LogP contribution in [0.25, 0.3) is 0 Å². The molecule has 162 valence electrons. The summed E-state index contributed by atoms with van der Waals surface area (Å²) in [5.74, 6) is 0.962. The molecular formula is C22H28N2O5S. The van der Waals surface area contributed by atoms with E-state index in [1.54, 1.807) is 38.5 Å². The van der Waals surface area contributed by atoms with Crippen LogP contribution < -0.4 is 19.5 Å². The van der Waals surface area contributed by atoms with Gasteiger partial charge in [0.15, 0.2) is 11.5 Å². The average Bonchev–Trinajstić information content (AvgIpc) is 2.77. The summed E-state index contributed by atoms with van der Waals surface area (Å²) < 4.78 is 38.0. The van der Waals surface area contributed by atoms with Crippen LogP contribution in [0.1, 0.15) is 36.0 Å². The van der Waals surface area contributed by atoms with E-state index in [0.29, 0.717) is 18.0 Å². The SMILES string of the molecule is COc1ccc(CNC(=O)CCNS(=O)(=O)c2ccc3c(c2)CCCC3)cc1OC. The molecule has 0 atom stereocenters. The van der Waals surface area contributed by atoms with Crippen LogP contribution in [0.15, 0.2) is 41.3 Å². The lowest BCUT2D eigenvalue weighted by atomic mass is 9.92. The van der Waals surface area contributed by atoms with Crippen LogP contribution in [0, 0.1) is 0 Å². The zero-order chi connectivity index (χ0) is 21.6. The van der Waals surface area contributed by atoms with Gasteiger partial charge in [0, 0.05) is 19.5 Å². The van der Waals surface area contributed by atoms with Gasteiger partial charge in [-0.15, -0.1) is 0 Å². The van der Waals surface area contributed by atoms with Crippen molar-refractivity contribution >= 4 is 15.9 Å². The molecule has 1 amide bonds. The number of carbonyl (C=O) groups excluding carboxylic acids is 1. The smallest absolute Gasteiger partial charge is 0.240 e. The van der Waals surface area contributed by atoms with E-state index in [1.165, 1.54) is 5.56 Å². The first kappa shape index (κ1) is 22.1. The lowest BCUT2D eigenvalue weighted by Gasteiger charge is -2.16. The standard InChI is InChI=1S/C22H28N2O5S/c1-28-20-10-7-16(13-21(20)29-2)15-23-22(25)11-12-24-30(26,27)19-9-8-17-5-3-4-6-18(17)14-19/h7-10,13-14,24H,3-6,11-12,15H2,1-2H3,(H,23,25). The van der Waals surface area contributed by atoms with Gasteiger partial charge in [-0.05, 0) is 66.6 Å². The number of hydrogen-bond donors (Lipinski definition) is 2. The van der Waals surface area contributed by atoms with E-state index in [-0.39, 0.29) is 23.8 Å². The van der Waals surface area contributed by atoms with Gasteiger partial charge in [0.2, 0.25) is 15.9 Å². The molecule has 0 radical (unpaired) electrons. The van der Waals surface area contributed by atoms with Gasteiger partial charge in [-0.25, -0.2) is 13.1 Å². The van der Waals surface area contributed by atoms with Crippen molar-refractivity contribution in [2.75, 3.05) is 20.8 Å². The molecule has 0 saturated carbocycles. The molecule has 7 nitrogen and oxygen atoms in total. The van der Waals surface area contributed by atoms with E-state index < -0.39 is 10.0 Å². The molecule has 3 rings (SSSR count). The van der Waals surface area contributed by atoms with E-state index in [0.717, 1.165) is 36.8 Å². The maximum atomic E-state index is 12.5. The second-order valence-corrected chi connectivity index (χ2v) is 9.02. The van der Waals surface area contributed by atoms with Crippen LogP contribution in [0.2, 0.25) is 0 Å². The summed E-state index contributed by atoms with van der Waals surface area (Å²) in [5.41, 5.74) is 3.20.